The molecule has 1 aliphatic heterocycles. The number of hydrogen-bond acceptors (Lipinski definition) is 3. The number of methoxy groups -OCH3 is 1. The van der Waals surface area contributed by atoms with Crippen molar-refractivity contribution in [3.63, 3.8) is 0 Å². The van der Waals surface area contributed by atoms with Gasteiger partial charge >= 0.3 is 5.97 Å². The molecule has 0 aliphatic carbocycles. The molecule has 0 spiro atoms. The SMILES string of the molecule is CCCn1c(C)c(CC(C)C(=O)OC)c2cc3c(cc21)CN(C)C3. The lowest BCUT2D eigenvalue weighted by Crippen LogP contribution is -2.15. The van der Waals surface area contributed by atoms with Gasteiger partial charge in [-0.05, 0) is 55.6 Å². The number of rotatable bonds is 5. The van der Waals surface area contributed by atoms with Gasteiger partial charge in [-0.1, -0.05) is 13.8 Å². The van der Waals surface area contributed by atoms with E-state index in [1.54, 1.807) is 0 Å². The summed E-state index contributed by atoms with van der Waals surface area (Å²) in [4.78, 5) is 14.2. The number of aryl methyl sites for hydroxylation is 1. The van der Waals surface area contributed by atoms with E-state index in [1.165, 1.54) is 40.4 Å². The number of benzene rings is 1. The van der Waals surface area contributed by atoms with E-state index >= 15 is 0 Å². The van der Waals surface area contributed by atoms with Gasteiger partial charge in [0.15, 0.2) is 0 Å². The zero-order chi connectivity index (χ0) is 17.4. The minimum absolute atomic E-state index is 0.120. The maximum Gasteiger partial charge on any atom is 0.308 e. The first-order valence-electron chi connectivity index (χ1n) is 8.86. The molecule has 0 radical (unpaired) electrons. The van der Waals surface area contributed by atoms with Crippen LogP contribution in [0.15, 0.2) is 12.1 Å². The molecule has 4 heteroatoms. The van der Waals surface area contributed by atoms with Crippen LogP contribution in [0.5, 0.6) is 0 Å². The van der Waals surface area contributed by atoms with Crippen molar-refractivity contribution in [2.45, 2.75) is 53.2 Å². The molecule has 1 atom stereocenters. The van der Waals surface area contributed by atoms with E-state index in [4.69, 9.17) is 4.74 Å². The number of fused-ring (bicyclic) bond motifs is 2. The van der Waals surface area contributed by atoms with E-state index in [9.17, 15) is 4.79 Å². The number of carbonyl (C=O) groups is 1. The van der Waals surface area contributed by atoms with Crippen molar-refractivity contribution in [2.75, 3.05) is 14.2 Å². The standard InChI is InChI=1S/C20H28N2O2/c1-6-7-22-14(3)17(8-13(2)20(23)24-5)18-9-15-11-21(4)12-16(15)10-19(18)22/h9-10,13H,6-8,11-12H2,1-5H3. The maximum absolute atomic E-state index is 11.9. The summed E-state index contributed by atoms with van der Waals surface area (Å²) in [5, 5.41) is 1.31. The summed E-state index contributed by atoms with van der Waals surface area (Å²) in [6, 6.07) is 4.72. The Bertz CT molecular complexity index is 776. The van der Waals surface area contributed by atoms with Crippen LogP contribution in [0.3, 0.4) is 0 Å². The van der Waals surface area contributed by atoms with Crippen molar-refractivity contribution in [3.8, 4) is 0 Å². The fourth-order valence-electron chi connectivity index (χ4n) is 3.97. The fourth-order valence-corrected chi connectivity index (χ4v) is 3.97. The highest BCUT2D eigenvalue weighted by Crippen LogP contribution is 2.34. The topological polar surface area (TPSA) is 34.5 Å². The lowest BCUT2D eigenvalue weighted by molar-refractivity contribution is -0.144. The Morgan fingerprint density at radius 1 is 1.29 bits per heavy atom. The number of carbonyl (C=O) groups excluding carboxylic acids is 1. The van der Waals surface area contributed by atoms with Crippen LogP contribution >= 0.6 is 0 Å². The predicted molar refractivity (Wildman–Crippen MR) is 97.0 cm³/mol. The molecule has 0 amide bonds. The van der Waals surface area contributed by atoms with Crippen LogP contribution in [-0.4, -0.2) is 29.6 Å². The Hall–Kier alpha value is -1.81. The third kappa shape index (κ3) is 2.84. The van der Waals surface area contributed by atoms with Crippen LogP contribution in [0.1, 0.15) is 42.7 Å². The number of esters is 1. The molecular formula is C20H28N2O2. The third-order valence-electron chi connectivity index (χ3n) is 5.22. The lowest BCUT2D eigenvalue weighted by atomic mass is 9.97. The van der Waals surface area contributed by atoms with E-state index in [0.717, 1.165) is 32.5 Å². The highest BCUT2D eigenvalue weighted by atomic mass is 16.5. The Morgan fingerprint density at radius 3 is 2.58 bits per heavy atom. The van der Waals surface area contributed by atoms with Crippen molar-refractivity contribution in [2.24, 2.45) is 5.92 Å². The van der Waals surface area contributed by atoms with Gasteiger partial charge in [0, 0.05) is 36.2 Å². The molecule has 2 aromatic rings. The summed E-state index contributed by atoms with van der Waals surface area (Å²) in [7, 11) is 3.63. The van der Waals surface area contributed by atoms with Gasteiger partial charge in [0.2, 0.25) is 0 Å². The Kier molecular flexibility index (Phi) is 4.68. The van der Waals surface area contributed by atoms with E-state index in [0.29, 0.717) is 0 Å². The van der Waals surface area contributed by atoms with Crippen LogP contribution in [0.4, 0.5) is 0 Å². The monoisotopic (exact) mass is 328 g/mol. The molecule has 1 aromatic carbocycles. The molecule has 2 heterocycles. The molecule has 0 N–H and O–H groups in total. The summed E-state index contributed by atoms with van der Waals surface area (Å²) in [6.07, 6.45) is 1.84. The summed E-state index contributed by atoms with van der Waals surface area (Å²) >= 11 is 0. The first-order valence-corrected chi connectivity index (χ1v) is 8.86. The molecule has 0 bridgehead atoms. The van der Waals surface area contributed by atoms with Crippen LogP contribution in [-0.2, 0) is 35.6 Å². The molecule has 1 aliphatic rings. The quantitative estimate of drug-likeness (QED) is 0.786. The lowest BCUT2D eigenvalue weighted by Gasteiger charge is -2.10. The molecular weight excluding hydrogens is 300 g/mol. The molecule has 0 saturated heterocycles. The van der Waals surface area contributed by atoms with Gasteiger partial charge in [0.1, 0.15) is 0 Å². The van der Waals surface area contributed by atoms with Crippen molar-refractivity contribution >= 4 is 16.9 Å². The van der Waals surface area contributed by atoms with Crippen LogP contribution < -0.4 is 0 Å². The minimum Gasteiger partial charge on any atom is -0.469 e. The van der Waals surface area contributed by atoms with Crippen LogP contribution in [0, 0.1) is 12.8 Å². The highest BCUT2D eigenvalue weighted by molar-refractivity contribution is 5.88. The van der Waals surface area contributed by atoms with Crippen LogP contribution in [0.2, 0.25) is 0 Å². The predicted octanol–water partition coefficient (Wildman–Crippen LogP) is 3.66. The van der Waals surface area contributed by atoms with E-state index in [2.05, 4.69) is 42.5 Å². The van der Waals surface area contributed by atoms with Gasteiger partial charge < -0.3 is 9.30 Å². The Morgan fingerprint density at radius 2 is 1.96 bits per heavy atom. The number of aromatic nitrogens is 1. The average Bonchev–Trinajstić information content (AvgIpc) is 3.03. The van der Waals surface area contributed by atoms with Crippen molar-refractivity contribution in [3.05, 3.63) is 34.5 Å². The second kappa shape index (κ2) is 6.60. The largest absolute Gasteiger partial charge is 0.469 e. The normalized spacial score (nSPS) is 15.7. The first kappa shape index (κ1) is 17.0. The van der Waals surface area contributed by atoms with E-state index in [1.807, 2.05) is 6.92 Å². The van der Waals surface area contributed by atoms with Gasteiger partial charge in [-0.25, -0.2) is 0 Å². The molecule has 3 rings (SSSR count). The van der Waals surface area contributed by atoms with Gasteiger partial charge in [-0.15, -0.1) is 0 Å². The maximum atomic E-state index is 11.9. The number of hydrogen-bond donors (Lipinski definition) is 0. The minimum atomic E-state index is -0.133. The molecule has 0 saturated carbocycles. The number of nitrogens with zero attached hydrogens (tertiary/aromatic N) is 2. The van der Waals surface area contributed by atoms with E-state index in [-0.39, 0.29) is 11.9 Å². The van der Waals surface area contributed by atoms with Crippen molar-refractivity contribution < 1.29 is 9.53 Å². The second-order valence-corrected chi connectivity index (χ2v) is 7.15. The third-order valence-corrected chi connectivity index (χ3v) is 5.22. The van der Waals surface area contributed by atoms with Gasteiger partial charge in [0.25, 0.3) is 0 Å². The summed E-state index contributed by atoms with van der Waals surface area (Å²) in [6.45, 7) is 9.40. The summed E-state index contributed by atoms with van der Waals surface area (Å²) < 4.78 is 7.35. The molecule has 0 fully saturated rings. The van der Waals surface area contributed by atoms with Gasteiger partial charge in [-0.3, -0.25) is 9.69 Å². The zero-order valence-electron chi connectivity index (χ0n) is 15.5. The molecule has 1 aromatic heterocycles. The van der Waals surface area contributed by atoms with Gasteiger partial charge in [0.05, 0.1) is 13.0 Å². The number of ether oxygens (including phenoxy) is 1. The molecule has 4 nitrogen and oxygen atoms in total. The zero-order valence-corrected chi connectivity index (χ0v) is 15.5. The van der Waals surface area contributed by atoms with Gasteiger partial charge in [-0.2, -0.15) is 0 Å². The van der Waals surface area contributed by atoms with Crippen molar-refractivity contribution in [1.29, 1.82) is 0 Å². The first-order chi connectivity index (χ1) is 11.5. The van der Waals surface area contributed by atoms with Crippen molar-refractivity contribution in [1.82, 2.24) is 9.47 Å². The average molecular weight is 328 g/mol. The van der Waals surface area contributed by atoms with Crippen LogP contribution in [0.25, 0.3) is 10.9 Å². The second-order valence-electron chi connectivity index (χ2n) is 7.15. The Balaban J connectivity index is 2.12. The Labute approximate surface area is 144 Å². The molecule has 1 unspecified atom stereocenters. The molecule has 130 valence electrons. The van der Waals surface area contributed by atoms with E-state index < -0.39 is 0 Å². The molecule has 24 heavy (non-hydrogen) atoms. The highest BCUT2D eigenvalue weighted by Gasteiger charge is 2.23. The summed E-state index contributed by atoms with van der Waals surface area (Å²) in [5.41, 5.74) is 6.77. The summed E-state index contributed by atoms with van der Waals surface area (Å²) in [5.74, 6) is -0.253. The fraction of sp³-hybridized carbons (Fsp3) is 0.550. The smallest absolute Gasteiger partial charge is 0.308 e.